The van der Waals surface area contributed by atoms with Crippen LogP contribution in [0, 0.1) is 5.82 Å². The average molecular weight is 272 g/mol. The van der Waals surface area contributed by atoms with Crippen molar-refractivity contribution in [3.05, 3.63) is 34.1 Å². The van der Waals surface area contributed by atoms with Crippen LogP contribution in [0.1, 0.15) is 18.4 Å². The van der Waals surface area contributed by atoms with Crippen molar-refractivity contribution in [2.24, 2.45) is 10.8 Å². The lowest BCUT2D eigenvalue weighted by Crippen LogP contribution is -2.32. The van der Waals surface area contributed by atoms with Crippen molar-refractivity contribution in [3.63, 3.8) is 0 Å². The van der Waals surface area contributed by atoms with Crippen LogP contribution < -0.4 is 11.3 Å². The van der Waals surface area contributed by atoms with E-state index in [1.807, 2.05) is 0 Å². The summed E-state index contributed by atoms with van der Waals surface area (Å²) in [5.41, 5.74) is 3.17. The molecule has 0 radical (unpaired) electrons. The lowest BCUT2D eigenvalue weighted by Gasteiger charge is -2.08. The Bertz CT molecular complexity index is 402. The second-order valence-corrected chi connectivity index (χ2v) is 4.25. The second-order valence-electron chi connectivity index (χ2n) is 3.45. The van der Waals surface area contributed by atoms with E-state index in [9.17, 15) is 4.39 Å². The van der Waals surface area contributed by atoms with Crippen LogP contribution in [0.4, 0.5) is 4.39 Å². The van der Waals surface area contributed by atoms with Gasteiger partial charge in [0.2, 0.25) is 0 Å². The van der Waals surface area contributed by atoms with E-state index in [1.54, 1.807) is 12.1 Å². The highest BCUT2D eigenvalue weighted by Gasteiger charge is 2.22. The molecule has 1 aliphatic rings. The van der Waals surface area contributed by atoms with Crippen LogP contribution in [-0.4, -0.2) is 11.9 Å². The maximum Gasteiger partial charge on any atom is 0.144 e. The number of halogens is 2. The highest BCUT2D eigenvalue weighted by Crippen LogP contribution is 2.26. The summed E-state index contributed by atoms with van der Waals surface area (Å²) in [6.45, 7) is 0. The summed E-state index contributed by atoms with van der Waals surface area (Å²) in [6.07, 6.45) is 2.16. The van der Waals surface area contributed by atoms with Gasteiger partial charge in [-0.05, 0) is 40.9 Å². The molecule has 1 aliphatic carbocycles. The van der Waals surface area contributed by atoms with Crippen LogP contribution in [-0.2, 0) is 0 Å². The normalized spacial score (nSPS) is 16.6. The minimum absolute atomic E-state index is 0.314. The van der Waals surface area contributed by atoms with E-state index < -0.39 is 0 Å². The third kappa shape index (κ3) is 2.35. The zero-order valence-corrected chi connectivity index (χ0v) is 9.59. The zero-order chi connectivity index (χ0) is 10.8. The average Bonchev–Trinajstić information content (AvgIpc) is 3.03. The third-order valence-electron chi connectivity index (χ3n) is 2.20. The number of amidine groups is 1. The minimum atomic E-state index is -0.314. The molecule has 1 aromatic rings. The molecule has 0 unspecified atom stereocenters. The first-order valence-electron chi connectivity index (χ1n) is 4.71. The van der Waals surface area contributed by atoms with E-state index in [0.29, 0.717) is 21.9 Å². The van der Waals surface area contributed by atoms with Crippen molar-refractivity contribution >= 4 is 21.8 Å². The van der Waals surface area contributed by atoms with E-state index in [2.05, 4.69) is 26.3 Å². The molecule has 0 heterocycles. The first kappa shape index (κ1) is 10.6. The molecule has 80 valence electrons. The summed E-state index contributed by atoms with van der Waals surface area (Å²) < 4.78 is 13.6. The molecule has 15 heavy (non-hydrogen) atoms. The monoisotopic (exact) mass is 271 g/mol. The SMILES string of the molecule is NNC(=NC1CC1)c1cccc(F)c1Br. The first-order valence-corrected chi connectivity index (χ1v) is 5.50. The predicted octanol–water partition coefficient (Wildman–Crippen LogP) is 1.96. The van der Waals surface area contributed by atoms with E-state index in [0.717, 1.165) is 12.8 Å². The van der Waals surface area contributed by atoms with Crippen molar-refractivity contribution in [1.82, 2.24) is 5.43 Å². The van der Waals surface area contributed by atoms with Crippen molar-refractivity contribution in [3.8, 4) is 0 Å². The predicted molar refractivity (Wildman–Crippen MR) is 61.0 cm³/mol. The van der Waals surface area contributed by atoms with Gasteiger partial charge in [-0.1, -0.05) is 6.07 Å². The highest BCUT2D eigenvalue weighted by molar-refractivity contribution is 9.10. The van der Waals surface area contributed by atoms with Crippen LogP contribution in [0.2, 0.25) is 0 Å². The summed E-state index contributed by atoms with van der Waals surface area (Å²) >= 11 is 3.18. The highest BCUT2D eigenvalue weighted by atomic mass is 79.9. The van der Waals surface area contributed by atoms with Gasteiger partial charge >= 0.3 is 0 Å². The Morgan fingerprint density at radius 3 is 2.87 bits per heavy atom. The van der Waals surface area contributed by atoms with Gasteiger partial charge in [0.15, 0.2) is 0 Å². The summed E-state index contributed by atoms with van der Waals surface area (Å²) in [5.74, 6) is 5.59. The van der Waals surface area contributed by atoms with Crippen LogP contribution in [0.5, 0.6) is 0 Å². The Labute approximate surface area is 95.7 Å². The van der Waals surface area contributed by atoms with Gasteiger partial charge in [0.25, 0.3) is 0 Å². The van der Waals surface area contributed by atoms with E-state index in [4.69, 9.17) is 5.84 Å². The van der Waals surface area contributed by atoms with E-state index >= 15 is 0 Å². The van der Waals surface area contributed by atoms with Crippen LogP contribution in [0.25, 0.3) is 0 Å². The van der Waals surface area contributed by atoms with Crippen molar-refractivity contribution in [1.29, 1.82) is 0 Å². The Hall–Kier alpha value is -0.940. The Balaban J connectivity index is 2.37. The second kappa shape index (κ2) is 4.28. The lowest BCUT2D eigenvalue weighted by molar-refractivity contribution is 0.620. The quantitative estimate of drug-likeness (QED) is 0.374. The smallest absolute Gasteiger partial charge is 0.144 e. The molecule has 3 nitrogen and oxygen atoms in total. The fourth-order valence-electron chi connectivity index (χ4n) is 1.26. The van der Waals surface area contributed by atoms with Gasteiger partial charge in [0, 0.05) is 5.56 Å². The summed E-state index contributed by atoms with van der Waals surface area (Å²) in [4.78, 5) is 4.36. The molecule has 5 heteroatoms. The zero-order valence-electron chi connectivity index (χ0n) is 8.00. The van der Waals surface area contributed by atoms with Gasteiger partial charge < -0.3 is 5.43 Å². The van der Waals surface area contributed by atoms with Crippen molar-refractivity contribution in [2.45, 2.75) is 18.9 Å². The van der Waals surface area contributed by atoms with E-state index in [1.165, 1.54) is 6.07 Å². The number of hydrogen-bond donors (Lipinski definition) is 2. The van der Waals surface area contributed by atoms with Gasteiger partial charge in [-0.15, -0.1) is 0 Å². The molecule has 0 spiro atoms. The minimum Gasteiger partial charge on any atom is -0.308 e. The molecule has 0 aromatic heterocycles. The number of aliphatic imine (C=N–C) groups is 1. The Morgan fingerprint density at radius 1 is 1.53 bits per heavy atom. The van der Waals surface area contributed by atoms with Crippen molar-refractivity contribution in [2.75, 3.05) is 0 Å². The molecular formula is C10H11BrFN3. The van der Waals surface area contributed by atoms with Crippen LogP contribution in [0.15, 0.2) is 27.7 Å². The summed E-state index contributed by atoms with van der Waals surface area (Å²) in [7, 11) is 0. The maximum atomic E-state index is 13.3. The molecular weight excluding hydrogens is 261 g/mol. The number of hydrogen-bond acceptors (Lipinski definition) is 2. The Morgan fingerprint density at radius 2 is 2.27 bits per heavy atom. The summed E-state index contributed by atoms with van der Waals surface area (Å²) in [6, 6.07) is 5.13. The molecule has 3 N–H and O–H groups in total. The molecule has 1 saturated carbocycles. The summed E-state index contributed by atoms with van der Waals surface area (Å²) in [5, 5.41) is 0. The van der Waals surface area contributed by atoms with Gasteiger partial charge in [-0.2, -0.15) is 0 Å². The topological polar surface area (TPSA) is 50.4 Å². The van der Waals surface area contributed by atoms with E-state index in [-0.39, 0.29) is 5.82 Å². The first-order chi connectivity index (χ1) is 7.22. The number of benzene rings is 1. The largest absolute Gasteiger partial charge is 0.308 e. The fourth-order valence-corrected chi connectivity index (χ4v) is 1.71. The fraction of sp³-hybridized carbons (Fsp3) is 0.300. The standard InChI is InChI=1S/C10H11BrFN3/c11-9-7(2-1-3-8(9)12)10(15-13)14-6-4-5-6/h1-3,6H,4-5,13H2,(H,14,15). The number of nitrogens with two attached hydrogens (primary N) is 1. The van der Waals surface area contributed by atoms with Gasteiger partial charge in [0.05, 0.1) is 10.5 Å². The molecule has 0 aliphatic heterocycles. The molecule has 0 saturated heterocycles. The Kier molecular flexibility index (Phi) is 3.02. The molecule has 2 rings (SSSR count). The van der Waals surface area contributed by atoms with Gasteiger partial charge in [-0.3, -0.25) is 4.99 Å². The third-order valence-corrected chi connectivity index (χ3v) is 3.01. The van der Waals surface area contributed by atoms with Crippen LogP contribution in [0.3, 0.4) is 0 Å². The van der Waals surface area contributed by atoms with Gasteiger partial charge in [0.1, 0.15) is 11.7 Å². The molecule has 0 amide bonds. The number of nitrogens with zero attached hydrogens (tertiary/aromatic N) is 1. The van der Waals surface area contributed by atoms with Crippen molar-refractivity contribution < 1.29 is 4.39 Å². The molecule has 0 atom stereocenters. The lowest BCUT2D eigenvalue weighted by atomic mass is 10.2. The van der Waals surface area contributed by atoms with Gasteiger partial charge in [-0.25, -0.2) is 10.2 Å². The van der Waals surface area contributed by atoms with Crippen LogP contribution >= 0.6 is 15.9 Å². The molecule has 1 fully saturated rings. The number of nitrogens with one attached hydrogen (secondary N) is 1. The molecule has 0 bridgehead atoms. The number of rotatable bonds is 2. The maximum absolute atomic E-state index is 13.3. The molecule has 1 aromatic carbocycles. The number of hydrazine groups is 1.